The molecule has 4 rings (SSSR count). The molecule has 1 fully saturated rings. The Morgan fingerprint density at radius 3 is 2.77 bits per heavy atom. The molecule has 1 saturated heterocycles. The smallest absolute Gasteiger partial charge is 0.147 e. The fourth-order valence-corrected chi connectivity index (χ4v) is 3.65. The van der Waals surface area contributed by atoms with Crippen molar-refractivity contribution in [2.45, 2.75) is 31.6 Å². The summed E-state index contributed by atoms with van der Waals surface area (Å²) in [5.41, 5.74) is 2.57. The van der Waals surface area contributed by atoms with E-state index in [-0.39, 0.29) is 18.0 Å². The summed E-state index contributed by atoms with van der Waals surface area (Å²) < 4.78 is 27.6. The second kappa shape index (κ2) is 7.09. The zero-order chi connectivity index (χ0) is 18.1. The Hall–Kier alpha value is -2.37. The summed E-state index contributed by atoms with van der Waals surface area (Å²) in [7, 11) is 1.63. The minimum absolute atomic E-state index is 0.208. The average Bonchev–Trinajstić information content (AvgIpc) is 3.02. The molecule has 0 radical (unpaired) electrons. The summed E-state index contributed by atoms with van der Waals surface area (Å²) in [6, 6.07) is 12.9. The van der Waals surface area contributed by atoms with E-state index in [4.69, 9.17) is 9.47 Å². The Labute approximate surface area is 151 Å². The first-order valence-electron chi connectivity index (χ1n) is 8.85. The van der Waals surface area contributed by atoms with Crippen molar-refractivity contribution in [2.75, 3.05) is 13.7 Å². The van der Waals surface area contributed by atoms with E-state index < -0.39 is 0 Å². The number of aliphatic hydroxyl groups is 1. The second-order valence-electron chi connectivity index (χ2n) is 6.73. The molecule has 0 saturated carbocycles. The third-order valence-corrected chi connectivity index (χ3v) is 5.00. The number of benzene rings is 2. The highest BCUT2D eigenvalue weighted by molar-refractivity contribution is 5.85. The summed E-state index contributed by atoms with van der Waals surface area (Å²) in [5, 5.41) is 10.8. The van der Waals surface area contributed by atoms with E-state index in [0.717, 1.165) is 22.3 Å². The van der Waals surface area contributed by atoms with Gasteiger partial charge < -0.3 is 19.1 Å². The first-order chi connectivity index (χ1) is 12.7. The molecule has 0 amide bonds. The number of para-hydroxylation sites is 1. The molecule has 3 aromatic rings. The van der Waals surface area contributed by atoms with Crippen LogP contribution in [0.4, 0.5) is 4.39 Å². The number of nitrogens with zero attached hydrogens (tertiary/aromatic N) is 1. The largest absolute Gasteiger partial charge is 0.497 e. The number of aliphatic hydroxyl groups excluding tert-OH is 1. The first kappa shape index (κ1) is 17.1. The van der Waals surface area contributed by atoms with Gasteiger partial charge in [0.2, 0.25) is 0 Å². The van der Waals surface area contributed by atoms with Gasteiger partial charge in [-0.05, 0) is 30.2 Å². The molecule has 1 aromatic heterocycles. The van der Waals surface area contributed by atoms with Crippen LogP contribution in [0.2, 0.25) is 0 Å². The van der Waals surface area contributed by atoms with Crippen LogP contribution in [0.3, 0.4) is 0 Å². The van der Waals surface area contributed by atoms with Gasteiger partial charge in [-0.3, -0.25) is 0 Å². The Balaban J connectivity index is 1.74. The van der Waals surface area contributed by atoms with Gasteiger partial charge in [-0.2, -0.15) is 0 Å². The number of rotatable bonds is 4. The average molecular weight is 355 g/mol. The van der Waals surface area contributed by atoms with Crippen molar-refractivity contribution < 1.29 is 19.0 Å². The highest BCUT2D eigenvalue weighted by Gasteiger charge is 2.26. The minimum atomic E-state index is -0.373. The van der Waals surface area contributed by atoms with Gasteiger partial charge in [0.15, 0.2) is 0 Å². The Kier molecular flexibility index (Phi) is 4.66. The Morgan fingerprint density at radius 2 is 2.04 bits per heavy atom. The van der Waals surface area contributed by atoms with E-state index in [1.54, 1.807) is 13.2 Å². The fraction of sp³-hybridized carbons (Fsp3) is 0.333. The molecule has 26 heavy (non-hydrogen) atoms. The van der Waals surface area contributed by atoms with Gasteiger partial charge in [0, 0.05) is 36.7 Å². The van der Waals surface area contributed by atoms with E-state index >= 15 is 0 Å². The molecule has 0 bridgehead atoms. The summed E-state index contributed by atoms with van der Waals surface area (Å²) in [6.45, 7) is 1.07. The topological polar surface area (TPSA) is 43.6 Å². The number of hydrogen-bond donors (Lipinski definition) is 1. The molecule has 2 aromatic carbocycles. The number of ether oxygens (including phenoxy) is 2. The van der Waals surface area contributed by atoms with E-state index in [1.165, 1.54) is 6.07 Å². The Morgan fingerprint density at radius 1 is 1.23 bits per heavy atom. The van der Waals surface area contributed by atoms with E-state index in [0.29, 0.717) is 31.5 Å². The van der Waals surface area contributed by atoms with Crippen molar-refractivity contribution in [3.05, 3.63) is 65.6 Å². The molecule has 0 aliphatic carbocycles. The van der Waals surface area contributed by atoms with Crippen LogP contribution in [0.15, 0.2) is 48.7 Å². The lowest BCUT2D eigenvalue weighted by molar-refractivity contribution is -0.0442. The molecule has 0 spiro atoms. The lowest BCUT2D eigenvalue weighted by Crippen LogP contribution is -2.23. The van der Waals surface area contributed by atoms with Crippen molar-refractivity contribution in [3.63, 3.8) is 0 Å². The highest BCUT2D eigenvalue weighted by Crippen LogP contribution is 2.35. The van der Waals surface area contributed by atoms with Crippen molar-refractivity contribution in [3.8, 4) is 5.75 Å². The monoisotopic (exact) mass is 355 g/mol. The maximum atomic E-state index is 14.6. The van der Waals surface area contributed by atoms with E-state index in [1.807, 2.05) is 41.1 Å². The third-order valence-electron chi connectivity index (χ3n) is 5.00. The van der Waals surface area contributed by atoms with Gasteiger partial charge in [0.25, 0.3) is 0 Å². The van der Waals surface area contributed by atoms with Crippen LogP contribution < -0.4 is 4.74 Å². The predicted octanol–water partition coefficient (Wildman–Crippen LogP) is 4.05. The van der Waals surface area contributed by atoms with Crippen LogP contribution in [0.1, 0.15) is 30.1 Å². The molecular formula is C21H22FNO3. The number of hydrogen-bond acceptors (Lipinski definition) is 3. The van der Waals surface area contributed by atoms with Crippen molar-refractivity contribution >= 4 is 10.9 Å². The first-order valence-corrected chi connectivity index (χ1v) is 8.85. The summed E-state index contributed by atoms with van der Waals surface area (Å²) >= 11 is 0. The normalized spacial score (nSPS) is 20.4. The van der Waals surface area contributed by atoms with Gasteiger partial charge in [-0.1, -0.05) is 24.3 Å². The highest BCUT2D eigenvalue weighted by atomic mass is 19.1. The number of fused-ring (bicyclic) bond motifs is 1. The molecule has 1 aliphatic rings. The van der Waals surface area contributed by atoms with Crippen LogP contribution in [0.5, 0.6) is 5.75 Å². The van der Waals surface area contributed by atoms with Gasteiger partial charge in [0.05, 0.1) is 24.8 Å². The molecule has 1 N–H and O–H groups in total. The van der Waals surface area contributed by atoms with Crippen molar-refractivity contribution in [1.82, 2.24) is 4.57 Å². The number of halogens is 1. The number of aromatic nitrogens is 1. The van der Waals surface area contributed by atoms with Gasteiger partial charge in [0.1, 0.15) is 11.6 Å². The maximum Gasteiger partial charge on any atom is 0.147 e. The minimum Gasteiger partial charge on any atom is -0.497 e. The second-order valence-corrected chi connectivity index (χ2v) is 6.73. The maximum absolute atomic E-state index is 14.6. The van der Waals surface area contributed by atoms with Crippen LogP contribution in [0, 0.1) is 5.82 Å². The van der Waals surface area contributed by atoms with Gasteiger partial charge >= 0.3 is 0 Å². The zero-order valence-electron chi connectivity index (χ0n) is 14.7. The van der Waals surface area contributed by atoms with Crippen LogP contribution >= 0.6 is 0 Å². The standard InChI is InChI=1S/C21H22FNO3/c1-25-16-7-5-14(6-8-16)12-23-13-18(20-11-15(24)9-10-26-20)17-3-2-4-19(22)21(17)23/h2-8,13,15,20,24H,9-12H2,1H3. The molecular weight excluding hydrogens is 333 g/mol. The SMILES string of the molecule is COc1ccc(Cn2cc(C3CC(O)CCO3)c3cccc(F)c32)cc1. The molecule has 4 nitrogen and oxygen atoms in total. The molecule has 2 unspecified atom stereocenters. The third kappa shape index (κ3) is 3.20. The van der Waals surface area contributed by atoms with Crippen molar-refractivity contribution in [1.29, 1.82) is 0 Å². The van der Waals surface area contributed by atoms with Crippen molar-refractivity contribution in [2.24, 2.45) is 0 Å². The molecule has 1 aliphatic heterocycles. The molecule has 136 valence electrons. The molecule has 2 heterocycles. The van der Waals surface area contributed by atoms with Crippen LogP contribution in [0.25, 0.3) is 10.9 Å². The quantitative estimate of drug-likeness (QED) is 0.768. The molecule has 2 atom stereocenters. The van der Waals surface area contributed by atoms with Gasteiger partial charge in [-0.15, -0.1) is 0 Å². The molecule has 5 heteroatoms. The fourth-order valence-electron chi connectivity index (χ4n) is 3.65. The van der Waals surface area contributed by atoms with E-state index in [9.17, 15) is 9.50 Å². The zero-order valence-corrected chi connectivity index (χ0v) is 14.7. The van der Waals surface area contributed by atoms with Crippen LogP contribution in [-0.4, -0.2) is 29.5 Å². The lowest BCUT2D eigenvalue weighted by atomic mass is 9.99. The summed E-state index contributed by atoms with van der Waals surface area (Å²) in [4.78, 5) is 0. The number of methoxy groups -OCH3 is 1. The Bertz CT molecular complexity index is 904. The predicted molar refractivity (Wildman–Crippen MR) is 97.9 cm³/mol. The summed E-state index contributed by atoms with van der Waals surface area (Å²) in [6.07, 6.45) is 2.57. The van der Waals surface area contributed by atoms with E-state index in [2.05, 4.69) is 0 Å². The van der Waals surface area contributed by atoms with Crippen LogP contribution in [-0.2, 0) is 11.3 Å². The van der Waals surface area contributed by atoms with Gasteiger partial charge in [-0.25, -0.2) is 4.39 Å². The lowest BCUT2D eigenvalue weighted by Gasteiger charge is -2.26. The summed E-state index contributed by atoms with van der Waals surface area (Å²) in [5.74, 6) is 0.543.